The van der Waals surface area contributed by atoms with Gasteiger partial charge in [-0.2, -0.15) is 0 Å². The molecule has 1 N–H and O–H groups in total. The number of hydrogen-bond acceptors (Lipinski definition) is 6. The standard InChI is InChI=1S/C20H18ClF3N4O2/c1-12-18(21)19(28-13(2)27-12)25-10-9-14-3-5-15(6-4-14)29-16-7-8-17(26-11-16)30-20(22,23)24/h3-8,11H,9-10H2,1-2H3,(H,25,27,28). The number of nitrogens with one attached hydrogen (secondary N) is 1. The SMILES string of the molecule is Cc1nc(C)c(Cl)c(NCCc2ccc(Oc3ccc(OC(F)(F)F)nc3)cc2)n1. The molecule has 0 spiro atoms. The molecule has 0 amide bonds. The second-order valence-corrected chi connectivity index (χ2v) is 6.70. The molecule has 2 heterocycles. The maximum absolute atomic E-state index is 12.2. The van der Waals surface area contributed by atoms with Crippen LogP contribution in [0.1, 0.15) is 17.1 Å². The minimum atomic E-state index is -4.78. The molecular weight excluding hydrogens is 421 g/mol. The molecule has 30 heavy (non-hydrogen) atoms. The minimum Gasteiger partial charge on any atom is -0.456 e. The molecule has 10 heteroatoms. The van der Waals surface area contributed by atoms with Crippen molar-refractivity contribution in [1.29, 1.82) is 0 Å². The molecule has 6 nitrogen and oxygen atoms in total. The molecule has 3 rings (SSSR count). The van der Waals surface area contributed by atoms with Crippen molar-refractivity contribution in [3.8, 4) is 17.4 Å². The summed E-state index contributed by atoms with van der Waals surface area (Å²) >= 11 is 6.21. The predicted molar refractivity (Wildman–Crippen MR) is 106 cm³/mol. The number of pyridine rings is 1. The quantitative estimate of drug-likeness (QED) is 0.526. The monoisotopic (exact) mass is 438 g/mol. The number of alkyl halides is 3. The highest BCUT2D eigenvalue weighted by Crippen LogP contribution is 2.26. The summed E-state index contributed by atoms with van der Waals surface area (Å²) in [6.07, 6.45) is -2.89. The van der Waals surface area contributed by atoms with Crippen molar-refractivity contribution >= 4 is 17.4 Å². The number of rotatable bonds is 7. The molecule has 0 unspecified atom stereocenters. The number of nitrogens with zero attached hydrogens (tertiary/aromatic N) is 3. The summed E-state index contributed by atoms with van der Waals surface area (Å²) in [6.45, 7) is 4.26. The highest BCUT2D eigenvalue weighted by Gasteiger charge is 2.31. The Morgan fingerprint density at radius 1 is 1.00 bits per heavy atom. The van der Waals surface area contributed by atoms with Crippen molar-refractivity contribution < 1.29 is 22.6 Å². The van der Waals surface area contributed by atoms with E-state index in [-0.39, 0.29) is 0 Å². The third-order valence-electron chi connectivity index (χ3n) is 3.92. The highest BCUT2D eigenvalue weighted by molar-refractivity contribution is 6.33. The van der Waals surface area contributed by atoms with Gasteiger partial charge in [0.05, 0.1) is 11.9 Å². The Morgan fingerprint density at radius 2 is 1.70 bits per heavy atom. The zero-order valence-corrected chi connectivity index (χ0v) is 16.9. The molecule has 0 saturated heterocycles. The van der Waals surface area contributed by atoms with Gasteiger partial charge in [-0.15, -0.1) is 13.2 Å². The molecule has 1 aromatic carbocycles. The lowest BCUT2D eigenvalue weighted by Gasteiger charge is -2.11. The fourth-order valence-corrected chi connectivity index (χ4v) is 2.76. The van der Waals surface area contributed by atoms with Gasteiger partial charge in [-0.25, -0.2) is 15.0 Å². The lowest BCUT2D eigenvalue weighted by atomic mass is 10.1. The molecular formula is C20H18ClF3N4O2. The maximum Gasteiger partial charge on any atom is 0.574 e. The first-order chi connectivity index (χ1) is 14.2. The summed E-state index contributed by atoms with van der Waals surface area (Å²) in [5.74, 6) is 1.53. The van der Waals surface area contributed by atoms with E-state index in [4.69, 9.17) is 16.3 Å². The van der Waals surface area contributed by atoms with Crippen molar-refractivity contribution in [2.45, 2.75) is 26.6 Å². The first kappa shape index (κ1) is 21.6. The zero-order valence-electron chi connectivity index (χ0n) is 16.1. The van der Waals surface area contributed by atoms with E-state index < -0.39 is 12.2 Å². The van der Waals surface area contributed by atoms with Crippen LogP contribution in [0.15, 0.2) is 42.6 Å². The molecule has 0 atom stereocenters. The number of aromatic nitrogens is 3. The van der Waals surface area contributed by atoms with E-state index in [2.05, 4.69) is 25.0 Å². The molecule has 158 valence electrons. The molecule has 0 aliphatic carbocycles. The summed E-state index contributed by atoms with van der Waals surface area (Å²) < 4.78 is 45.8. The van der Waals surface area contributed by atoms with E-state index in [0.717, 1.165) is 29.9 Å². The maximum atomic E-state index is 12.2. The number of anilines is 1. The Labute approximate surface area is 176 Å². The van der Waals surface area contributed by atoms with E-state index in [0.29, 0.717) is 34.7 Å². The Balaban J connectivity index is 1.53. The molecule has 0 aliphatic heterocycles. The van der Waals surface area contributed by atoms with Gasteiger partial charge in [-0.05, 0) is 44.0 Å². The van der Waals surface area contributed by atoms with Gasteiger partial charge in [-0.1, -0.05) is 23.7 Å². The fourth-order valence-electron chi connectivity index (χ4n) is 2.61. The minimum absolute atomic E-state index is 0.295. The number of ether oxygens (including phenoxy) is 2. The van der Waals surface area contributed by atoms with Gasteiger partial charge in [-0.3, -0.25) is 0 Å². The van der Waals surface area contributed by atoms with Crippen LogP contribution in [0.3, 0.4) is 0 Å². The first-order valence-corrected chi connectivity index (χ1v) is 9.30. The summed E-state index contributed by atoms with van der Waals surface area (Å²) in [5.41, 5.74) is 1.78. The number of aryl methyl sites for hydroxylation is 2. The van der Waals surface area contributed by atoms with Crippen LogP contribution < -0.4 is 14.8 Å². The summed E-state index contributed by atoms with van der Waals surface area (Å²) in [6, 6.07) is 9.75. The van der Waals surface area contributed by atoms with Crippen molar-refractivity contribution in [3.63, 3.8) is 0 Å². The first-order valence-electron chi connectivity index (χ1n) is 8.93. The number of halogens is 4. The zero-order chi connectivity index (χ0) is 21.7. The van der Waals surface area contributed by atoms with Crippen molar-refractivity contribution in [2.24, 2.45) is 0 Å². The average molecular weight is 439 g/mol. The van der Waals surface area contributed by atoms with E-state index in [1.165, 1.54) is 6.07 Å². The van der Waals surface area contributed by atoms with E-state index in [1.54, 1.807) is 19.1 Å². The Morgan fingerprint density at radius 3 is 2.33 bits per heavy atom. The van der Waals surface area contributed by atoms with Crippen molar-refractivity contribution in [3.05, 3.63) is 64.7 Å². The lowest BCUT2D eigenvalue weighted by molar-refractivity contribution is -0.276. The lowest BCUT2D eigenvalue weighted by Crippen LogP contribution is -2.17. The second kappa shape index (κ2) is 9.17. The van der Waals surface area contributed by atoms with E-state index >= 15 is 0 Å². The van der Waals surface area contributed by atoms with Gasteiger partial charge in [0.25, 0.3) is 0 Å². The number of benzene rings is 1. The second-order valence-electron chi connectivity index (χ2n) is 6.32. The average Bonchev–Trinajstić information content (AvgIpc) is 2.67. The Kier molecular flexibility index (Phi) is 6.61. The van der Waals surface area contributed by atoms with Gasteiger partial charge in [0.15, 0.2) is 0 Å². The summed E-state index contributed by atoms with van der Waals surface area (Å²) in [5, 5.41) is 3.71. The van der Waals surface area contributed by atoms with Crippen LogP contribution in [-0.4, -0.2) is 27.9 Å². The van der Waals surface area contributed by atoms with Crippen molar-refractivity contribution in [1.82, 2.24) is 15.0 Å². The van der Waals surface area contributed by atoms with E-state index in [9.17, 15) is 13.2 Å². The van der Waals surface area contributed by atoms with Gasteiger partial charge in [0.1, 0.15) is 28.2 Å². The highest BCUT2D eigenvalue weighted by atomic mass is 35.5. The predicted octanol–water partition coefficient (Wildman–Crippen LogP) is 5.49. The summed E-state index contributed by atoms with van der Waals surface area (Å²) in [4.78, 5) is 12.1. The molecule has 0 saturated carbocycles. The molecule has 2 aromatic heterocycles. The molecule has 0 aliphatic rings. The third-order valence-corrected chi connectivity index (χ3v) is 4.38. The van der Waals surface area contributed by atoms with Gasteiger partial charge < -0.3 is 14.8 Å². The smallest absolute Gasteiger partial charge is 0.456 e. The van der Waals surface area contributed by atoms with Gasteiger partial charge >= 0.3 is 6.36 Å². The van der Waals surface area contributed by atoms with Crippen LogP contribution in [-0.2, 0) is 6.42 Å². The fraction of sp³-hybridized carbons (Fsp3) is 0.250. The van der Waals surface area contributed by atoms with Crippen LogP contribution in [0.25, 0.3) is 0 Å². The largest absolute Gasteiger partial charge is 0.574 e. The van der Waals surface area contributed by atoms with Crippen LogP contribution in [0.4, 0.5) is 19.0 Å². The molecule has 0 bridgehead atoms. The molecule has 0 fully saturated rings. The van der Waals surface area contributed by atoms with Crippen LogP contribution in [0.5, 0.6) is 17.4 Å². The van der Waals surface area contributed by atoms with Crippen molar-refractivity contribution in [2.75, 3.05) is 11.9 Å². The van der Waals surface area contributed by atoms with Crippen LogP contribution in [0.2, 0.25) is 5.02 Å². The van der Waals surface area contributed by atoms with Crippen LogP contribution in [0, 0.1) is 13.8 Å². The Bertz CT molecular complexity index is 997. The number of hydrogen-bond donors (Lipinski definition) is 1. The topological polar surface area (TPSA) is 69.2 Å². The normalized spacial score (nSPS) is 11.3. The van der Waals surface area contributed by atoms with E-state index in [1.807, 2.05) is 19.1 Å². The van der Waals surface area contributed by atoms with Gasteiger partial charge in [0.2, 0.25) is 5.88 Å². The van der Waals surface area contributed by atoms with Crippen LogP contribution >= 0.6 is 11.6 Å². The summed E-state index contributed by atoms with van der Waals surface area (Å²) in [7, 11) is 0. The van der Waals surface area contributed by atoms with Gasteiger partial charge in [0, 0.05) is 12.6 Å². The molecule has 0 radical (unpaired) electrons. The molecule has 3 aromatic rings. The third kappa shape index (κ3) is 6.21. The Hall–Kier alpha value is -3.07.